The van der Waals surface area contributed by atoms with Crippen LogP contribution in [-0.4, -0.2) is 37.4 Å². The van der Waals surface area contributed by atoms with Gasteiger partial charge in [-0.1, -0.05) is 24.3 Å². The monoisotopic (exact) mass is 467 g/mol. The Hall–Kier alpha value is -4.29. The second kappa shape index (κ2) is 8.92. The first kappa shape index (κ1) is 21.6. The minimum absolute atomic E-state index is 0.346. The number of thiazole rings is 1. The number of nitriles is 1. The van der Waals surface area contributed by atoms with Gasteiger partial charge in [0.15, 0.2) is 5.65 Å². The smallest absolute Gasteiger partial charge is 0.230 e. The van der Waals surface area contributed by atoms with Crippen molar-refractivity contribution in [2.45, 2.75) is 19.9 Å². The molecule has 0 unspecified atom stereocenters. The molecule has 9 heteroatoms. The molecule has 0 saturated carbocycles. The summed E-state index contributed by atoms with van der Waals surface area (Å²) in [4.78, 5) is 16.6. The summed E-state index contributed by atoms with van der Waals surface area (Å²) < 4.78 is 3.09. The molecule has 0 atom stereocenters. The fourth-order valence-corrected chi connectivity index (χ4v) is 5.13. The lowest BCUT2D eigenvalue weighted by molar-refractivity contribution is -0.118. The van der Waals surface area contributed by atoms with Crippen LogP contribution < -0.4 is 0 Å². The minimum atomic E-state index is 0.346. The van der Waals surface area contributed by atoms with Gasteiger partial charge in [0.25, 0.3) is 0 Å². The lowest BCUT2D eigenvalue weighted by Crippen LogP contribution is -2.15. The molecule has 0 radical (unpaired) electrons. The highest BCUT2D eigenvalue weighted by Gasteiger charge is 2.17. The summed E-state index contributed by atoms with van der Waals surface area (Å²) in [5.74, 6) is 0. The molecule has 3 heterocycles. The van der Waals surface area contributed by atoms with E-state index < -0.39 is 0 Å². The third kappa shape index (κ3) is 3.95. The van der Waals surface area contributed by atoms with Crippen molar-refractivity contribution in [3.05, 3.63) is 81.6 Å². The standard InChI is InChI=1S/C25H21N7OS/c1-16-20(13-28-32(15-33)14-19-4-3-5-22-21(19)12-27-30-22)24-25(31(16)2)29-23(34-24)10-17-6-8-18(11-26)9-7-17/h3-9,12-13,15H,10,14H2,1-2H3,(H,27,30)/b28-13-. The molecule has 0 bridgehead atoms. The number of hydrazone groups is 1. The number of hydrogen-bond acceptors (Lipinski definition) is 6. The van der Waals surface area contributed by atoms with Crippen LogP contribution >= 0.6 is 11.3 Å². The van der Waals surface area contributed by atoms with E-state index in [9.17, 15) is 4.79 Å². The number of nitrogens with one attached hydrogen (secondary N) is 1. The molecule has 0 aliphatic carbocycles. The Labute approximate surface area is 199 Å². The lowest BCUT2D eigenvalue weighted by atomic mass is 10.1. The normalized spacial score (nSPS) is 11.4. The second-order valence-corrected chi connectivity index (χ2v) is 9.08. The summed E-state index contributed by atoms with van der Waals surface area (Å²) in [6, 6.07) is 15.6. The van der Waals surface area contributed by atoms with E-state index in [2.05, 4.69) is 21.4 Å². The van der Waals surface area contributed by atoms with E-state index in [0.29, 0.717) is 18.5 Å². The number of amides is 1. The number of rotatable bonds is 7. The van der Waals surface area contributed by atoms with Crippen LogP contribution in [0.15, 0.2) is 53.8 Å². The molecule has 5 aromatic rings. The maximum absolute atomic E-state index is 11.8. The van der Waals surface area contributed by atoms with Crippen LogP contribution in [0.2, 0.25) is 0 Å². The van der Waals surface area contributed by atoms with Crippen LogP contribution in [0.5, 0.6) is 0 Å². The van der Waals surface area contributed by atoms with Crippen LogP contribution in [0, 0.1) is 18.3 Å². The van der Waals surface area contributed by atoms with Gasteiger partial charge in [-0.2, -0.15) is 15.5 Å². The highest BCUT2D eigenvalue weighted by Crippen LogP contribution is 2.30. The van der Waals surface area contributed by atoms with Gasteiger partial charge in [-0.05, 0) is 36.2 Å². The molecule has 1 N–H and O–H groups in total. The Morgan fingerprint density at radius 3 is 2.85 bits per heavy atom. The van der Waals surface area contributed by atoms with Gasteiger partial charge < -0.3 is 4.57 Å². The maximum atomic E-state index is 11.8. The van der Waals surface area contributed by atoms with Crippen LogP contribution in [0.4, 0.5) is 0 Å². The number of nitrogens with zero attached hydrogens (tertiary/aromatic N) is 6. The Bertz CT molecular complexity index is 1570. The summed E-state index contributed by atoms with van der Waals surface area (Å²) >= 11 is 1.62. The van der Waals surface area contributed by atoms with E-state index in [0.717, 1.165) is 55.1 Å². The molecule has 0 fully saturated rings. The van der Waals surface area contributed by atoms with Crippen molar-refractivity contribution in [1.82, 2.24) is 24.8 Å². The first-order chi connectivity index (χ1) is 16.6. The topological polar surface area (TPSA) is 103 Å². The Kier molecular flexibility index (Phi) is 5.65. The van der Waals surface area contributed by atoms with Gasteiger partial charge >= 0.3 is 0 Å². The first-order valence-electron chi connectivity index (χ1n) is 10.7. The third-order valence-corrected chi connectivity index (χ3v) is 6.99. The molecular formula is C25H21N7OS. The molecule has 8 nitrogen and oxygen atoms in total. The highest BCUT2D eigenvalue weighted by atomic mass is 32.1. The third-order valence-electron chi connectivity index (χ3n) is 5.91. The van der Waals surface area contributed by atoms with Gasteiger partial charge in [-0.15, -0.1) is 11.3 Å². The van der Waals surface area contributed by atoms with Gasteiger partial charge in [-0.3, -0.25) is 9.89 Å². The molecule has 5 rings (SSSR count). The number of aryl methyl sites for hydroxylation is 1. The SMILES string of the molecule is Cc1c(/C=N\N(C=O)Cc2cccc3[nH]ncc23)c2sc(Cc3ccc(C#N)cc3)nc2n1C. The molecule has 1 amide bonds. The van der Waals surface area contributed by atoms with Crippen molar-refractivity contribution >= 4 is 45.2 Å². The summed E-state index contributed by atoms with van der Waals surface area (Å²) in [7, 11) is 1.98. The summed E-state index contributed by atoms with van der Waals surface area (Å²) in [6.07, 6.45) is 4.92. The second-order valence-electron chi connectivity index (χ2n) is 8.00. The van der Waals surface area contributed by atoms with Gasteiger partial charge in [0.05, 0.1) is 40.8 Å². The zero-order valence-electron chi connectivity index (χ0n) is 18.7. The maximum Gasteiger partial charge on any atom is 0.230 e. The van der Waals surface area contributed by atoms with Crippen LogP contribution in [0.3, 0.4) is 0 Å². The predicted molar refractivity (Wildman–Crippen MR) is 133 cm³/mol. The molecule has 0 saturated heterocycles. The number of hydrogen-bond donors (Lipinski definition) is 1. The molecule has 0 spiro atoms. The number of carbonyl (C=O) groups excluding carboxylic acids is 1. The van der Waals surface area contributed by atoms with Gasteiger partial charge in [0.1, 0.15) is 5.01 Å². The van der Waals surface area contributed by atoms with Crippen molar-refractivity contribution in [2.75, 3.05) is 0 Å². The summed E-state index contributed by atoms with van der Waals surface area (Å²) in [5, 5.41) is 23.8. The molecule has 168 valence electrons. The van der Waals surface area contributed by atoms with E-state index in [4.69, 9.17) is 10.2 Å². The van der Waals surface area contributed by atoms with Gasteiger partial charge in [0, 0.05) is 30.1 Å². The summed E-state index contributed by atoms with van der Waals surface area (Å²) in [6.45, 7) is 2.37. The lowest BCUT2D eigenvalue weighted by Gasteiger charge is -2.11. The van der Waals surface area contributed by atoms with E-state index in [1.54, 1.807) is 23.7 Å². The Morgan fingerprint density at radius 2 is 2.09 bits per heavy atom. The highest BCUT2D eigenvalue weighted by molar-refractivity contribution is 7.19. The molecule has 3 aromatic heterocycles. The van der Waals surface area contributed by atoms with E-state index in [1.807, 2.05) is 61.0 Å². The fourth-order valence-electron chi connectivity index (χ4n) is 3.94. The van der Waals surface area contributed by atoms with Crippen LogP contribution in [0.25, 0.3) is 21.3 Å². The van der Waals surface area contributed by atoms with E-state index in [-0.39, 0.29) is 0 Å². The zero-order valence-corrected chi connectivity index (χ0v) is 19.5. The van der Waals surface area contributed by atoms with Crippen molar-refractivity contribution in [2.24, 2.45) is 12.1 Å². The van der Waals surface area contributed by atoms with E-state index >= 15 is 0 Å². The quantitative estimate of drug-likeness (QED) is 0.219. The molecular weight excluding hydrogens is 446 g/mol. The fraction of sp³-hybridized carbons (Fsp3) is 0.160. The number of carbonyl (C=O) groups is 1. The van der Waals surface area contributed by atoms with Crippen molar-refractivity contribution < 1.29 is 4.79 Å². The zero-order chi connectivity index (χ0) is 23.7. The molecule has 2 aromatic carbocycles. The molecule has 34 heavy (non-hydrogen) atoms. The Balaban J connectivity index is 1.41. The summed E-state index contributed by atoms with van der Waals surface area (Å²) in [5.41, 5.74) is 6.52. The number of aromatic amines is 1. The van der Waals surface area contributed by atoms with Crippen molar-refractivity contribution in [3.63, 3.8) is 0 Å². The Morgan fingerprint density at radius 1 is 1.26 bits per heavy atom. The minimum Gasteiger partial charge on any atom is -0.332 e. The molecule has 0 aliphatic heterocycles. The predicted octanol–water partition coefficient (Wildman–Crippen LogP) is 4.27. The number of fused-ring (bicyclic) bond motifs is 2. The number of H-pyrrole nitrogens is 1. The average molecular weight is 468 g/mol. The van der Waals surface area contributed by atoms with Crippen LogP contribution in [0.1, 0.15) is 33.0 Å². The number of aromatic nitrogens is 4. The van der Waals surface area contributed by atoms with Crippen LogP contribution in [-0.2, 0) is 24.8 Å². The van der Waals surface area contributed by atoms with Crippen molar-refractivity contribution in [1.29, 1.82) is 5.26 Å². The largest absolute Gasteiger partial charge is 0.332 e. The first-order valence-corrected chi connectivity index (χ1v) is 11.5. The number of benzene rings is 2. The van der Waals surface area contributed by atoms with Gasteiger partial charge in [0.2, 0.25) is 6.41 Å². The van der Waals surface area contributed by atoms with Crippen molar-refractivity contribution in [3.8, 4) is 6.07 Å². The van der Waals surface area contributed by atoms with Gasteiger partial charge in [-0.25, -0.2) is 9.99 Å². The average Bonchev–Trinajstić information content (AvgIpc) is 3.55. The van der Waals surface area contributed by atoms with E-state index in [1.165, 1.54) is 5.01 Å². The molecule has 0 aliphatic rings.